The second-order valence-corrected chi connectivity index (χ2v) is 6.82. The Hall–Kier alpha value is -1.07. The van der Waals surface area contributed by atoms with Crippen LogP contribution in [0.1, 0.15) is 38.1 Å². The second-order valence-electron chi connectivity index (χ2n) is 5.56. The van der Waals surface area contributed by atoms with Crippen LogP contribution in [0.2, 0.25) is 5.02 Å². The molecular formula is C14H18BrClN2O2. The van der Waals surface area contributed by atoms with Gasteiger partial charge in [0.1, 0.15) is 6.04 Å². The van der Waals surface area contributed by atoms with Crippen LogP contribution in [-0.4, -0.2) is 23.4 Å². The fraction of sp³-hybridized carbons (Fsp3) is 0.429. The number of nitrogens with one attached hydrogen (secondary N) is 2. The Bertz CT molecular complexity index is 526. The van der Waals surface area contributed by atoms with Gasteiger partial charge in [0.2, 0.25) is 5.91 Å². The smallest absolute Gasteiger partial charge is 0.251 e. The van der Waals surface area contributed by atoms with Crippen LogP contribution in [0.5, 0.6) is 0 Å². The molecule has 0 heterocycles. The third-order valence-corrected chi connectivity index (χ3v) is 3.65. The maximum atomic E-state index is 12.0. The summed E-state index contributed by atoms with van der Waals surface area (Å²) < 4.78 is 0.717. The van der Waals surface area contributed by atoms with Crippen molar-refractivity contribution in [2.75, 3.05) is 0 Å². The van der Waals surface area contributed by atoms with Gasteiger partial charge in [-0.05, 0) is 61.8 Å². The molecular weight excluding hydrogens is 344 g/mol. The molecule has 0 saturated heterocycles. The number of rotatable bonds is 3. The van der Waals surface area contributed by atoms with E-state index in [0.29, 0.717) is 15.1 Å². The van der Waals surface area contributed by atoms with E-state index in [1.165, 1.54) is 0 Å². The van der Waals surface area contributed by atoms with Gasteiger partial charge in [0.25, 0.3) is 5.91 Å². The fourth-order valence-corrected chi connectivity index (χ4v) is 1.89. The highest BCUT2D eigenvalue weighted by atomic mass is 79.9. The number of hydrogen-bond acceptors (Lipinski definition) is 2. The Morgan fingerprint density at radius 2 is 1.90 bits per heavy atom. The van der Waals surface area contributed by atoms with E-state index < -0.39 is 6.04 Å². The molecule has 0 bridgehead atoms. The van der Waals surface area contributed by atoms with E-state index in [4.69, 9.17) is 11.6 Å². The van der Waals surface area contributed by atoms with Crippen LogP contribution in [0, 0.1) is 0 Å². The highest BCUT2D eigenvalue weighted by Crippen LogP contribution is 2.23. The van der Waals surface area contributed by atoms with Crippen molar-refractivity contribution in [1.29, 1.82) is 0 Å². The molecule has 0 radical (unpaired) electrons. The van der Waals surface area contributed by atoms with Crippen LogP contribution in [-0.2, 0) is 4.79 Å². The van der Waals surface area contributed by atoms with Gasteiger partial charge >= 0.3 is 0 Å². The Morgan fingerprint density at radius 1 is 1.30 bits per heavy atom. The summed E-state index contributed by atoms with van der Waals surface area (Å²) >= 11 is 9.20. The van der Waals surface area contributed by atoms with Gasteiger partial charge in [0.15, 0.2) is 0 Å². The molecule has 0 fully saturated rings. The number of halogens is 2. The summed E-state index contributed by atoms with van der Waals surface area (Å²) in [5.74, 6) is -0.565. The normalized spacial score (nSPS) is 12.7. The molecule has 20 heavy (non-hydrogen) atoms. The number of carbonyl (C=O) groups excluding carboxylic acids is 2. The molecule has 2 N–H and O–H groups in total. The summed E-state index contributed by atoms with van der Waals surface area (Å²) in [6.07, 6.45) is 0. The molecule has 0 aliphatic rings. The topological polar surface area (TPSA) is 58.2 Å². The minimum Gasteiger partial charge on any atom is -0.350 e. The third-order valence-electron chi connectivity index (χ3n) is 2.42. The molecule has 6 heteroatoms. The van der Waals surface area contributed by atoms with Crippen LogP contribution < -0.4 is 10.6 Å². The van der Waals surface area contributed by atoms with E-state index in [1.807, 2.05) is 20.8 Å². The molecule has 1 aromatic carbocycles. The van der Waals surface area contributed by atoms with Crippen molar-refractivity contribution >= 4 is 39.3 Å². The molecule has 1 atom stereocenters. The Morgan fingerprint density at radius 3 is 2.40 bits per heavy atom. The SMILES string of the molecule is CC(NC(=O)c1ccc(Br)c(Cl)c1)C(=O)NC(C)(C)C. The van der Waals surface area contributed by atoms with Gasteiger partial charge in [-0.3, -0.25) is 9.59 Å². The van der Waals surface area contributed by atoms with Gasteiger partial charge in [0.05, 0.1) is 5.02 Å². The molecule has 1 rings (SSSR count). The van der Waals surface area contributed by atoms with Gasteiger partial charge in [-0.15, -0.1) is 0 Å². The zero-order valence-electron chi connectivity index (χ0n) is 11.9. The quantitative estimate of drug-likeness (QED) is 0.869. The first kappa shape index (κ1) is 17.0. The minimum atomic E-state index is -0.621. The standard InChI is InChI=1S/C14H18BrClN2O2/c1-8(12(19)18-14(2,3)4)17-13(20)9-5-6-10(15)11(16)7-9/h5-8H,1-4H3,(H,17,20)(H,18,19). The predicted molar refractivity (Wildman–Crippen MR) is 84.0 cm³/mol. The third kappa shape index (κ3) is 5.13. The van der Waals surface area contributed by atoms with Gasteiger partial charge in [-0.2, -0.15) is 0 Å². The maximum absolute atomic E-state index is 12.0. The molecule has 0 spiro atoms. The van der Waals surface area contributed by atoms with Crippen LogP contribution in [0.15, 0.2) is 22.7 Å². The van der Waals surface area contributed by atoms with Crippen molar-refractivity contribution < 1.29 is 9.59 Å². The predicted octanol–water partition coefficient (Wildman–Crippen LogP) is 3.14. The molecule has 110 valence electrons. The van der Waals surface area contributed by atoms with Crippen molar-refractivity contribution in [2.24, 2.45) is 0 Å². The molecule has 2 amide bonds. The zero-order valence-corrected chi connectivity index (χ0v) is 14.2. The lowest BCUT2D eigenvalue weighted by Crippen LogP contribution is -2.50. The van der Waals surface area contributed by atoms with E-state index >= 15 is 0 Å². The summed E-state index contributed by atoms with van der Waals surface area (Å²) in [6, 6.07) is 4.26. The first-order valence-electron chi connectivity index (χ1n) is 6.18. The van der Waals surface area contributed by atoms with Crippen molar-refractivity contribution in [2.45, 2.75) is 39.3 Å². The molecule has 0 aliphatic heterocycles. The Balaban J connectivity index is 2.70. The summed E-state index contributed by atoms with van der Waals surface area (Å²) in [7, 11) is 0. The zero-order chi connectivity index (χ0) is 15.5. The summed E-state index contributed by atoms with van der Waals surface area (Å²) in [6.45, 7) is 7.29. The fourth-order valence-electron chi connectivity index (χ4n) is 1.46. The molecule has 0 aliphatic carbocycles. The molecule has 1 unspecified atom stereocenters. The average molecular weight is 362 g/mol. The molecule has 4 nitrogen and oxygen atoms in total. The number of hydrogen-bond donors (Lipinski definition) is 2. The Kier molecular flexibility index (Phi) is 5.59. The number of benzene rings is 1. The van der Waals surface area contributed by atoms with Crippen molar-refractivity contribution in [3.8, 4) is 0 Å². The number of carbonyl (C=O) groups is 2. The van der Waals surface area contributed by atoms with E-state index in [0.717, 1.165) is 0 Å². The van der Waals surface area contributed by atoms with Crippen LogP contribution in [0.3, 0.4) is 0 Å². The van der Waals surface area contributed by atoms with Crippen LogP contribution in [0.4, 0.5) is 0 Å². The largest absolute Gasteiger partial charge is 0.350 e. The Labute approximate surface area is 132 Å². The van der Waals surface area contributed by atoms with Crippen LogP contribution in [0.25, 0.3) is 0 Å². The maximum Gasteiger partial charge on any atom is 0.251 e. The van der Waals surface area contributed by atoms with Crippen LogP contribution >= 0.6 is 27.5 Å². The second kappa shape index (κ2) is 6.59. The van der Waals surface area contributed by atoms with Gasteiger partial charge in [0, 0.05) is 15.6 Å². The summed E-state index contributed by atoms with van der Waals surface area (Å²) in [4.78, 5) is 23.9. The van der Waals surface area contributed by atoms with Crippen molar-refractivity contribution in [3.05, 3.63) is 33.3 Å². The van der Waals surface area contributed by atoms with Gasteiger partial charge < -0.3 is 10.6 Å². The van der Waals surface area contributed by atoms with Crippen molar-refractivity contribution in [3.63, 3.8) is 0 Å². The van der Waals surface area contributed by atoms with E-state index in [1.54, 1.807) is 25.1 Å². The minimum absolute atomic E-state index is 0.228. The van der Waals surface area contributed by atoms with E-state index in [2.05, 4.69) is 26.6 Å². The molecule has 0 saturated carbocycles. The highest BCUT2D eigenvalue weighted by Gasteiger charge is 2.21. The van der Waals surface area contributed by atoms with Gasteiger partial charge in [-0.1, -0.05) is 11.6 Å². The van der Waals surface area contributed by atoms with Crippen molar-refractivity contribution in [1.82, 2.24) is 10.6 Å². The lowest BCUT2D eigenvalue weighted by atomic mass is 10.1. The first-order valence-corrected chi connectivity index (χ1v) is 7.35. The molecule has 0 aromatic heterocycles. The lowest BCUT2D eigenvalue weighted by molar-refractivity contribution is -0.124. The number of amides is 2. The monoisotopic (exact) mass is 360 g/mol. The first-order chi connectivity index (χ1) is 9.10. The average Bonchev–Trinajstić information content (AvgIpc) is 2.30. The lowest BCUT2D eigenvalue weighted by Gasteiger charge is -2.23. The summed E-state index contributed by atoms with van der Waals surface area (Å²) in [5, 5.41) is 5.90. The van der Waals surface area contributed by atoms with Gasteiger partial charge in [-0.25, -0.2) is 0 Å². The molecule has 1 aromatic rings. The van der Waals surface area contributed by atoms with E-state index in [9.17, 15) is 9.59 Å². The summed E-state index contributed by atoms with van der Waals surface area (Å²) in [5.41, 5.74) is 0.0744. The highest BCUT2D eigenvalue weighted by molar-refractivity contribution is 9.10. The van der Waals surface area contributed by atoms with E-state index in [-0.39, 0.29) is 17.4 Å².